The molecular weight excluding hydrogens is 235 g/mol. The number of carboxylic acids is 1. The van der Waals surface area contributed by atoms with Crippen molar-refractivity contribution >= 4 is 17.0 Å². The summed E-state index contributed by atoms with van der Waals surface area (Å²) in [4.78, 5) is 14.9. The van der Waals surface area contributed by atoms with E-state index >= 15 is 0 Å². The number of carbonyl (C=O) groups is 1. The first-order chi connectivity index (χ1) is 8.61. The fourth-order valence-corrected chi connectivity index (χ4v) is 1.90. The number of aliphatic carboxylic acids is 1. The van der Waals surface area contributed by atoms with Crippen molar-refractivity contribution in [3.05, 3.63) is 42.5 Å². The van der Waals surface area contributed by atoms with E-state index in [2.05, 4.69) is 11.6 Å². The van der Waals surface area contributed by atoms with Gasteiger partial charge >= 0.3 is 5.97 Å². The van der Waals surface area contributed by atoms with Crippen molar-refractivity contribution < 1.29 is 14.3 Å². The van der Waals surface area contributed by atoms with Crippen molar-refractivity contribution in [2.24, 2.45) is 0 Å². The van der Waals surface area contributed by atoms with Gasteiger partial charge in [-0.05, 0) is 12.1 Å². The molecule has 0 amide bonds. The van der Waals surface area contributed by atoms with Crippen LogP contribution in [0.1, 0.15) is 12.2 Å². The molecule has 1 N–H and O–H groups in total. The van der Waals surface area contributed by atoms with Crippen LogP contribution < -0.4 is 0 Å². The largest absolute Gasteiger partial charge is 0.481 e. The first-order valence-electron chi connectivity index (χ1n) is 5.59. The first-order valence-corrected chi connectivity index (χ1v) is 5.59. The summed E-state index contributed by atoms with van der Waals surface area (Å²) in [7, 11) is 0. The van der Waals surface area contributed by atoms with E-state index < -0.39 is 5.97 Å². The lowest BCUT2D eigenvalue weighted by atomic mass is 10.3. The van der Waals surface area contributed by atoms with Crippen LogP contribution in [-0.2, 0) is 17.8 Å². The number of benzene rings is 1. The minimum Gasteiger partial charge on any atom is -0.481 e. The summed E-state index contributed by atoms with van der Waals surface area (Å²) in [6, 6.07) is 4.36. The normalized spacial score (nSPS) is 10.7. The van der Waals surface area contributed by atoms with Gasteiger partial charge in [-0.2, -0.15) is 0 Å². The zero-order valence-electron chi connectivity index (χ0n) is 9.77. The Hall–Kier alpha value is -2.17. The van der Waals surface area contributed by atoms with Crippen molar-refractivity contribution in [1.82, 2.24) is 9.55 Å². The van der Waals surface area contributed by atoms with Gasteiger partial charge in [0.05, 0.1) is 17.5 Å². The number of imidazole rings is 1. The van der Waals surface area contributed by atoms with E-state index in [0.29, 0.717) is 24.3 Å². The number of nitrogens with zero attached hydrogens (tertiary/aromatic N) is 2. The fraction of sp³-hybridized carbons (Fsp3) is 0.231. The molecule has 5 heteroatoms. The lowest BCUT2D eigenvalue weighted by molar-refractivity contribution is -0.137. The Morgan fingerprint density at radius 3 is 3.00 bits per heavy atom. The monoisotopic (exact) mass is 248 g/mol. The highest BCUT2D eigenvalue weighted by Crippen LogP contribution is 2.18. The number of hydrogen-bond donors (Lipinski definition) is 1. The summed E-state index contributed by atoms with van der Waals surface area (Å²) in [6.45, 7) is 4.18. The van der Waals surface area contributed by atoms with Gasteiger partial charge in [0, 0.05) is 19.0 Å². The second kappa shape index (κ2) is 5.00. The molecular formula is C13H13FN2O2. The molecule has 0 saturated heterocycles. The number of hydrogen-bond acceptors (Lipinski definition) is 2. The van der Waals surface area contributed by atoms with Crippen LogP contribution in [0.15, 0.2) is 30.9 Å². The fourth-order valence-electron chi connectivity index (χ4n) is 1.90. The van der Waals surface area contributed by atoms with Crippen LogP contribution in [0, 0.1) is 5.82 Å². The third kappa shape index (κ3) is 2.40. The molecule has 94 valence electrons. The average molecular weight is 248 g/mol. The van der Waals surface area contributed by atoms with Crippen molar-refractivity contribution in [2.45, 2.75) is 19.4 Å². The zero-order chi connectivity index (χ0) is 13.1. The molecule has 0 atom stereocenters. The van der Waals surface area contributed by atoms with Gasteiger partial charge in [0.25, 0.3) is 0 Å². The number of allylic oxidation sites excluding steroid dienone is 1. The number of carboxylic acid groups (broad SMARTS) is 1. The van der Waals surface area contributed by atoms with Crippen molar-refractivity contribution in [3.8, 4) is 0 Å². The summed E-state index contributed by atoms with van der Waals surface area (Å²) in [5.41, 5.74) is 1.33. The van der Waals surface area contributed by atoms with Gasteiger partial charge < -0.3 is 9.67 Å². The molecule has 0 aliphatic rings. The van der Waals surface area contributed by atoms with Gasteiger partial charge in [-0.3, -0.25) is 4.79 Å². The summed E-state index contributed by atoms with van der Waals surface area (Å²) in [5, 5.41) is 8.70. The molecule has 18 heavy (non-hydrogen) atoms. The number of aryl methyl sites for hydroxylation is 1. The van der Waals surface area contributed by atoms with Gasteiger partial charge in [0.1, 0.15) is 11.6 Å². The molecule has 0 saturated carbocycles. The summed E-state index contributed by atoms with van der Waals surface area (Å²) >= 11 is 0. The Balaban J connectivity index is 2.46. The number of rotatable bonds is 5. The second-order valence-corrected chi connectivity index (χ2v) is 3.95. The standard InChI is InChI=1S/C13H13FN2O2/c1-2-7-16-11-4-3-9(14)8-10(11)15-12(16)5-6-13(17)18/h2-4,8H,1,5-7H2,(H,17,18). The van der Waals surface area contributed by atoms with E-state index in [1.807, 2.05) is 4.57 Å². The Kier molecular flexibility index (Phi) is 3.41. The Morgan fingerprint density at radius 1 is 1.56 bits per heavy atom. The van der Waals surface area contributed by atoms with Gasteiger partial charge in [0.15, 0.2) is 0 Å². The molecule has 0 aliphatic heterocycles. The quantitative estimate of drug-likeness (QED) is 0.826. The van der Waals surface area contributed by atoms with Gasteiger partial charge in [0.2, 0.25) is 0 Å². The highest BCUT2D eigenvalue weighted by molar-refractivity contribution is 5.76. The predicted molar refractivity (Wildman–Crippen MR) is 65.8 cm³/mol. The van der Waals surface area contributed by atoms with Crippen molar-refractivity contribution in [2.75, 3.05) is 0 Å². The SMILES string of the molecule is C=CCn1c(CCC(=O)O)nc2cc(F)ccc21. The van der Waals surface area contributed by atoms with E-state index in [9.17, 15) is 9.18 Å². The molecule has 0 bridgehead atoms. The summed E-state index contributed by atoms with van der Waals surface area (Å²) in [6.07, 6.45) is 2.02. The lowest BCUT2D eigenvalue weighted by Gasteiger charge is -2.04. The smallest absolute Gasteiger partial charge is 0.303 e. The van der Waals surface area contributed by atoms with Gasteiger partial charge in [-0.25, -0.2) is 9.37 Å². The van der Waals surface area contributed by atoms with E-state index in [-0.39, 0.29) is 12.2 Å². The maximum Gasteiger partial charge on any atom is 0.303 e. The molecule has 0 fully saturated rings. The van der Waals surface area contributed by atoms with Gasteiger partial charge in [-0.1, -0.05) is 6.08 Å². The van der Waals surface area contributed by atoms with E-state index in [4.69, 9.17) is 5.11 Å². The first kappa shape index (κ1) is 12.3. The lowest BCUT2D eigenvalue weighted by Crippen LogP contribution is -2.05. The summed E-state index contributed by atoms with van der Waals surface area (Å²) in [5.74, 6) is -0.591. The third-order valence-corrected chi connectivity index (χ3v) is 2.66. The number of fused-ring (bicyclic) bond motifs is 1. The predicted octanol–water partition coefficient (Wildman–Crippen LogP) is 2.38. The Labute approximate surface area is 103 Å². The average Bonchev–Trinajstić information content (AvgIpc) is 2.64. The highest BCUT2D eigenvalue weighted by Gasteiger charge is 2.11. The maximum atomic E-state index is 13.1. The maximum absolute atomic E-state index is 13.1. The van der Waals surface area contributed by atoms with Crippen LogP contribution in [0.4, 0.5) is 4.39 Å². The minimum absolute atomic E-state index is 0.00292. The van der Waals surface area contributed by atoms with E-state index in [1.165, 1.54) is 12.1 Å². The van der Waals surface area contributed by atoms with Crippen LogP contribution >= 0.6 is 0 Å². The molecule has 2 aromatic rings. The Morgan fingerprint density at radius 2 is 2.33 bits per heavy atom. The van der Waals surface area contributed by atoms with Crippen LogP contribution in [0.2, 0.25) is 0 Å². The molecule has 0 radical (unpaired) electrons. The summed E-state index contributed by atoms with van der Waals surface area (Å²) < 4.78 is 15.0. The molecule has 2 rings (SSSR count). The molecule has 0 spiro atoms. The zero-order valence-corrected chi connectivity index (χ0v) is 9.77. The molecule has 1 aromatic heterocycles. The van der Waals surface area contributed by atoms with Crippen LogP contribution in [0.5, 0.6) is 0 Å². The number of halogens is 1. The molecule has 0 unspecified atom stereocenters. The van der Waals surface area contributed by atoms with Gasteiger partial charge in [-0.15, -0.1) is 6.58 Å². The second-order valence-electron chi connectivity index (χ2n) is 3.95. The van der Waals surface area contributed by atoms with Crippen molar-refractivity contribution in [1.29, 1.82) is 0 Å². The topological polar surface area (TPSA) is 55.1 Å². The van der Waals surface area contributed by atoms with Crippen LogP contribution in [0.3, 0.4) is 0 Å². The third-order valence-electron chi connectivity index (χ3n) is 2.66. The van der Waals surface area contributed by atoms with Crippen LogP contribution in [0.25, 0.3) is 11.0 Å². The molecule has 1 aromatic carbocycles. The van der Waals surface area contributed by atoms with Crippen LogP contribution in [-0.4, -0.2) is 20.6 Å². The minimum atomic E-state index is -0.876. The van der Waals surface area contributed by atoms with Crippen molar-refractivity contribution in [3.63, 3.8) is 0 Å². The molecule has 0 aliphatic carbocycles. The Bertz CT molecular complexity index is 604. The van der Waals surface area contributed by atoms with E-state index in [0.717, 1.165) is 5.52 Å². The molecule has 4 nitrogen and oxygen atoms in total. The molecule has 1 heterocycles. The highest BCUT2D eigenvalue weighted by atomic mass is 19.1. The van der Waals surface area contributed by atoms with E-state index in [1.54, 1.807) is 12.1 Å². The number of aromatic nitrogens is 2.